The number of carbonyl (C=O) groups is 1. The second kappa shape index (κ2) is 18.1. The Morgan fingerprint density at radius 3 is 1.86 bits per heavy atom. The van der Waals surface area contributed by atoms with Crippen LogP contribution in [0.15, 0.2) is 12.7 Å². The van der Waals surface area contributed by atoms with Crippen molar-refractivity contribution >= 4 is 5.97 Å². The first-order chi connectivity index (χ1) is 10.8. The van der Waals surface area contributed by atoms with Crippen LogP contribution < -0.4 is 0 Å². The molecule has 0 aliphatic heterocycles. The van der Waals surface area contributed by atoms with E-state index in [0.29, 0.717) is 33.0 Å². The second-order valence-corrected chi connectivity index (χ2v) is 4.98. The average molecular weight is 316 g/mol. The van der Waals surface area contributed by atoms with E-state index < -0.39 is 5.97 Å². The van der Waals surface area contributed by atoms with Crippen LogP contribution in [0.3, 0.4) is 0 Å². The van der Waals surface area contributed by atoms with Crippen molar-refractivity contribution in [3.8, 4) is 0 Å². The molecule has 0 rings (SSSR count). The maximum absolute atomic E-state index is 10.7. The first kappa shape index (κ1) is 21.1. The first-order valence-electron chi connectivity index (χ1n) is 8.33. The number of hydrogen-bond acceptors (Lipinski definition) is 5. The second-order valence-electron chi connectivity index (χ2n) is 4.98. The Morgan fingerprint density at radius 2 is 1.27 bits per heavy atom. The Labute approximate surface area is 135 Å². The van der Waals surface area contributed by atoms with Gasteiger partial charge >= 0.3 is 5.97 Å². The molecule has 22 heavy (non-hydrogen) atoms. The van der Waals surface area contributed by atoms with E-state index in [1.807, 2.05) is 0 Å². The lowest BCUT2D eigenvalue weighted by atomic mass is 10.1. The molecule has 130 valence electrons. The third-order valence-electron chi connectivity index (χ3n) is 3.02. The van der Waals surface area contributed by atoms with Crippen molar-refractivity contribution in [3.05, 3.63) is 12.7 Å². The Morgan fingerprint density at radius 1 is 0.773 bits per heavy atom. The number of rotatable bonds is 17. The van der Waals surface area contributed by atoms with Gasteiger partial charge in [0.2, 0.25) is 0 Å². The van der Waals surface area contributed by atoms with Crippen molar-refractivity contribution in [2.75, 3.05) is 46.2 Å². The standard InChI is InChI=1S/C17H32O5/c1-3-5-6-7-8-9-10-19-11-12-20-13-14-21-15-16-22-17(18)4-2/h4H,2-3,5-16H2,1H3. The zero-order valence-corrected chi connectivity index (χ0v) is 14.0. The van der Waals surface area contributed by atoms with E-state index in [9.17, 15) is 4.79 Å². The minimum atomic E-state index is -0.428. The summed E-state index contributed by atoms with van der Waals surface area (Å²) in [5, 5.41) is 0. The van der Waals surface area contributed by atoms with E-state index in [0.717, 1.165) is 19.1 Å². The van der Waals surface area contributed by atoms with E-state index in [1.54, 1.807) is 0 Å². The number of unbranched alkanes of at least 4 members (excludes halogenated alkanes) is 5. The predicted octanol–water partition coefficient (Wildman–Crippen LogP) is 3.13. The third kappa shape index (κ3) is 17.1. The zero-order chi connectivity index (χ0) is 16.3. The average Bonchev–Trinajstić information content (AvgIpc) is 2.54. The van der Waals surface area contributed by atoms with Gasteiger partial charge in [0.05, 0.1) is 33.0 Å². The predicted molar refractivity (Wildman–Crippen MR) is 87.0 cm³/mol. The molecule has 0 atom stereocenters. The minimum absolute atomic E-state index is 0.242. The molecule has 0 bridgehead atoms. The Bertz CT molecular complexity index is 255. The van der Waals surface area contributed by atoms with Crippen LogP contribution >= 0.6 is 0 Å². The van der Waals surface area contributed by atoms with E-state index in [1.165, 1.54) is 32.1 Å². The molecule has 0 saturated carbocycles. The molecular weight excluding hydrogens is 284 g/mol. The van der Waals surface area contributed by atoms with Gasteiger partial charge in [-0.15, -0.1) is 0 Å². The summed E-state index contributed by atoms with van der Waals surface area (Å²) in [5.41, 5.74) is 0. The van der Waals surface area contributed by atoms with Crippen LogP contribution in [0, 0.1) is 0 Å². The fraction of sp³-hybridized carbons (Fsp3) is 0.824. The Kier molecular flexibility index (Phi) is 17.4. The van der Waals surface area contributed by atoms with Gasteiger partial charge < -0.3 is 18.9 Å². The molecule has 0 aliphatic rings. The molecule has 0 aromatic heterocycles. The van der Waals surface area contributed by atoms with Gasteiger partial charge in [-0.25, -0.2) is 4.79 Å². The van der Waals surface area contributed by atoms with Gasteiger partial charge in [0.15, 0.2) is 0 Å². The van der Waals surface area contributed by atoms with Crippen LogP contribution in [0.1, 0.15) is 45.4 Å². The van der Waals surface area contributed by atoms with Crippen LogP contribution in [0.5, 0.6) is 0 Å². The summed E-state index contributed by atoms with van der Waals surface area (Å²) in [6.45, 7) is 9.20. The van der Waals surface area contributed by atoms with Gasteiger partial charge in [-0.3, -0.25) is 0 Å². The quantitative estimate of drug-likeness (QED) is 0.234. The van der Waals surface area contributed by atoms with Crippen LogP contribution in [-0.2, 0) is 23.7 Å². The van der Waals surface area contributed by atoms with E-state index in [-0.39, 0.29) is 6.61 Å². The number of carbonyl (C=O) groups excluding carboxylic acids is 1. The van der Waals surface area contributed by atoms with E-state index >= 15 is 0 Å². The van der Waals surface area contributed by atoms with Crippen molar-refractivity contribution in [2.45, 2.75) is 45.4 Å². The molecule has 0 N–H and O–H groups in total. The molecule has 0 unspecified atom stereocenters. The number of hydrogen-bond donors (Lipinski definition) is 0. The third-order valence-corrected chi connectivity index (χ3v) is 3.02. The van der Waals surface area contributed by atoms with Gasteiger partial charge in [-0.1, -0.05) is 45.6 Å². The molecule has 0 saturated heterocycles. The van der Waals surface area contributed by atoms with Crippen LogP contribution in [0.4, 0.5) is 0 Å². The topological polar surface area (TPSA) is 54.0 Å². The highest BCUT2D eigenvalue weighted by molar-refractivity contribution is 5.81. The molecule has 0 heterocycles. The molecule has 0 aromatic rings. The Hall–Kier alpha value is -0.910. The SMILES string of the molecule is C=CC(=O)OCCOCCOCCOCCCCCCCC. The Balaban J connectivity index is 2.99. The molecule has 5 nitrogen and oxygen atoms in total. The van der Waals surface area contributed by atoms with Gasteiger partial charge in [-0.2, -0.15) is 0 Å². The van der Waals surface area contributed by atoms with Gasteiger partial charge in [0, 0.05) is 12.7 Å². The van der Waals surface area contributed by atoms with Crippen LogP contribution in [0.2, 0.25) is 0 Å². The highest BCUT2D eigenvalue weighted by Gasteiger charge is 1.95. The molecular formula is C17H32O5. The highest BCUT2D eigenvalue weighted by Crippen LogP contribution is 2.04. The lowest BCUT2D eigenvalue weighted by molar-refractivity contribution is -0.139. The summed E-state index contributed by atoms with van der Waals surface area (Å²) in [4.78, 5) is 10.7. The minimum Gasteiger partial charge on any atom is -0.460 e. The zero-order valence-electron chi connectivity index (χ0n) is 14.0. The van der Waals surface area contributed by atoms with E-state index in [4.69, 9.17) is 18.9 Å². The van der Waals surface area contributed by atoms with Gasteiger partial charge in [0.25, 0.3) is 0 Å². The van der Waals surface area contributed by atoms with Gasteiger partial charge in [0.1, 0.15) is 6.61 Å². The summed E-state index contributed by atoms with van der Waals surface area (Å²) in [6, 6.07) is 0. The monoisotopic (exact) mass is 316 g/mol. The number of ether oxygens (including phenoxy) is 4. The van der Waals surface area contributed by atoms with E-state index in [2.05, 4.69) is 13.5 Å². The van der Waals surface area contributed by atoms with Crippen molar-refractivity contribution in [3.63, 3.8) is 0 Å². The number of esters is 1. The summed E-state index contributed by atoms with van der Waals surface area (Å²) in [6.07, 6.45) is 8.81. The summed E-state index contributed by atoms with van der Waals surface area (Å²) in [7, 11) is 0. The molecule has 0 amide bonds. The molecule has 0 spiro atoms. The summed E-state index contributed by atoms with van der Waals surface area (Å²) < 4.78 is 20.9. The summed E-state index contributed by atoms with van der Waals surface area (Å²) in [5.74, 6) is -0.428. The van der Waals surface area contributed by atoms with Crippen LogP contribution in [-0.4, -0.2) is 52.2 Å². The molecule has 5 heteroatoms. The molecule has 0 fully saturated rings. The molecule has 0 aromatic carbocycles. The van der Waals surface area contributed by atoms with Crippen molar-refractivity contribution < 1.29 is 23.7 Å². The van der Waals surface area contributed by atoms with Gasteiger partial charge in [-0.05, 0) is 6.42 Å². The first-order valence-corrected chi connectivity index (χ1v) is 8.33. The normalized spacial score (nSPS) is 10.6. The van der Waals surface area contributed by atoms with Crippen molar-refractivity contribution in [1.82, 2.24) is 0 Å². The fourth-order valence-electron chi connectivity index (χ4n) is 1.79. The lowest BCUT2D eigenvalue weighted by Gasteiger charge is -2.07. The maximum Gasteiger partial charge on any atom is 0.330 e. The van der Waals surface area contributed by atoms with Crippen LogP contribution in [0.25, 0.3) is 0 Å². The van der Waals surface area contributed by atoms with Crippen molar-refractivity contribution in [2.24, 2.45) is 0 Å². The molecule has 0 aliphatic carbocycles. The summed E-state index contributed by atoms with van der Waals surface area (Å²) >= 11 is 0. The van der Waals surface area contributed by atoms with Crippen molar-refractivity contribution in [1.29, 1.82) is 0 Å². The maximum atomic E-state index is 10.7. The fourth-order valence-corrected chi connectivity index (χ4v) is 1.79. The smallest absolute Gasteiger partial charge is 0.330 e. The largest absolute Gasteiger partial charge is 0.460 e. The highest BCUT2D eigenvalue weighted by atomic mass is 16.6. The molecule has 0 radical (unpaired) electrons. The lowest BCUT2D eigenvalue weighted by Crippen LogP contribution is -2.13.